The van der Waals surface area contributed by atoms with Gasteiger partial charge >= 0.3 is 5.97 Å². The highest BCUT2D eigenvalue weighted by molar-refractivity contribution is 5.79. The van der Waals surface area contributed by atoms with Crippen LogP contribution in [0.5, 0.6) is 0 Å². The molecule has 2 N–H and O–H groups in total. The highest BCUT2D eigenvalue weighted by atomic mass is 16.4. The predicted molar refractivity (Wildman–Crippen MR) is 60.8 cm³/mol. The van der Waals surface area contributed by atoms with Gasteiger partial charge < -0.3 is 10.2 Å². The third kappa shape index (κ3) is 13.2. The number of aliphatic hydroxyl groups is 1. The number of carbonyl (C=O) groups is 1. The van der Waals surface area contributed by atoms with Gasteiger partial charge in [-0.1, -0.05) is 38.2 Å². The van der Waals surface area contributed by atoms with Crippen LogP contribution < -0.4 is 0 Å². The SMILES string of the molecule is O=C(O)C=CCCCCCCCCCO. The maximum absolute atomic E-state index is 10.1. The van der Waals surface area contributed by atoms with Crippen LogP contribution >= 0.6 is 0 Å². The maximum atomic E-state index is 10.1. The van der Waals surface area contributed by atoms with Crippen LogP contribution in [0.25, 0.3) is 0 Å². The Labute approximate surface area is 91.8 Å². The zero-order valence-corrected chi connectivity index (χ0v) is 9.32. The minimum atomic E-state index is -0.862. The summed E-state index contributed by atoms with van der Waals surface area (Å²) < 4.78 is 0. The molecule has 0 bridgehead atoms. The zero-order valence-electron chi connectivity index (χ0n) is 9.32. The van der Waals surface area contributed by atoms with Crippen molar-refractivity contribution in [3.8, 4) is 0 Å². The normalized spacial score (nSPS) is 11.0. The van der Waals surface area contributed by atoms with Gasteiger partial charge in [0.1, 0.15) is 0 Å². The Balaban J connectivity index is 3.02. The van der Waals surface area contributed by atoms with Crippen LogP contribution in [0.3, 0.4) is 0 Å². The molecule has 0 aromatic carbocycles. The summed E-state index contributed by atoms with van der Waals surface area (Å²) in [5.74, 6) is -0.862. The summed E-state index contributed by atoms with van der Waals surface area (Å²) in [6, 6.07) is 0. The molecule has 0 aromatic rings. The van der Waals surface area contributed by atoms with Gasteiger partial charge in [0.05, 0.1) is 0 Å². The quantitative estimate of drug-likeness (QED) is 0.434. The molecule has 0 aliphatic heterocycles. The van der Waals surface area contributed by atoms with E-state index in [0.717, 1.165) is 25.7 Å². The van der Waals surface area contributed by atoms with E-state index < -0.39 is 5.97 Å². The van der Waals surface area contributed by atoms with Crippen LogP contribution in [-0.2, 0) is 4.79 Å². The molecule has 0 radical (unpaired) electrons. The molecule has 0 fully saturated rings. The average molecular weight is 214 g/mol. The van der Waals surface area contributed by atoms with Crippen LogP contribution in [0.15, 0.2) is 12.2 Å². The van der Waals surface area contributed by atoms with E-state index in [1.807, 2.05) is 0 Å². The molecule has 88 valence electrons. The van der Waals surface area contributed by atoms with Crippen molar-refractivity contribution in [1.82, 2.24) is 0 Å². The Morgan fingerprint density at radius 2 is 1.47 bits per heavy atom. The fraction of sp³-hybridized carbons (Fsp3) is 0.750. The van der Waals surface area contributed by atoms with E-state index in [0.29, 0.717) is 6.61 Å². The second-order valence-electron chi connectivity index (χ2n) is 3.73. The molecule has 0 aromatic heterocycles. The molecule has 0 aliphatic carbocycles. The summed E-state index contributed by atoms with van der Waals surface area (Å²) in [5, 5.41) is 16.9. The lowest BCUT2D eigenvalue weighted by molar-refractivity contribution is -0.131. The van der Waals surface area contributed by atoms with E-state index in [2.05, 4.69) is 0 Å². The lowest BCUT2D eigenvalue weighted by atomic mass is 10.1. The van der Waals surface area contributed by atoms with Crippen molar-refractivity contribution in [2.75, 3.05) is 6.61 Å². The third-order valence-corrected chi connectivity index (χ3v) is 2.29. The van der Waals surface area contributed by atoms with Gasteiger partial charge in [0.25, 0.3) is 0 Å². The lowest BCUT2D eigenvalue weighted by Crippen LogP contribution is -1.86. The number of aliphatic hydroxyl groups excluding tert-OH is 1. The van der Waals surface area contributed by atoms with Crippen molar-refractivity contribution in [3.05, 3.63) is 12.2 Å². The van der Waals surface area contributed by atoms with Crippen molar-refractivity contribution in [1.29, 1.82) is 0 Å². The molecular weight excluding hydrogens is 192 g/mol. The Hall–Kier alpha value is -0.830. The molecule has 15 heavy (non-hydrogen) atoms. The minimum Gasteiger partial charge on any atom is -0.478 e. The van der Waals surface area contributed by atoms with Crippen molar-refractivity contribution in [3.63, 3.8) is 0 Å². The molecule has 3 heteroatoms. The highest BCUT2D eigenvalue weighted by Crippen LogP contribution is 2.08. The number of hydrogen-bond acceptors (Lipinski definition) is 2. The van der Waals surface area contributed by atoms with E-state index >= 15 is 0 Å². The molecule has 0 unspecified atom stereocenters. The number of carboxylic acids is 1. The van der Waals surface area contributed by atoms with Gasteiger partial charge in [-0.15, -0.1) is 0 Å². The fourth-order valence-corrected chi connectivity index (χ4v) is 1.44. The molecule has 0 saturated heterocycles. The van der Waals surface area contributed by atoms with Crippen LogP contribution in [0, 0.1) is 0 Å². The zero-order chi connectivity index (χ0) is 11.4. The molecule has 0 amide bonds. The maximum Gasteiger partial charge on any atom is 0.327 e. The van der Waals surface area contributed by atoms with Crippen LogP contribution in [-0.4, -0.2) is 22.8 Å². The van der Waals surface area contributed by atoms with Crippen LogP contribution in [0.2, 0.25) is 0 Å². The van der Waals surface area contributed by atoms with Crippen LogP contribution in [0.1, 0.15) is 51.4 Å². The first-order chi connectivity index (χ1) is 7.27. The first kappa shape index (κ1) is 14.2. The molecule has 0 saturated carbocycles. The summed E-state index contributed by atoms with van der Waals surface area (Å²) in [6.07, 6.45) is 11.7. The number of rotatable bonds is 10. The van der Waals surface area contributed by atoms with Gasteiger partial charge in [0.2, 0.25) is 0 Å². The highest BCUT2D eigenvalue weighted by Gasteiger charge is 1.91. The van der Waals surface area contributed by atoms with Gasteiger partial charge in [-0.05, 0) is 19.3 Å². The molecule has 0 aliphatic rings. The second-order valence-corrected chi connectivity index (χ2v) is 3.73. The van der Waals surface area contributed by atoms with Gasteiger partial charge in [-0.2, -0.15) is 0 Å². The molecule has 3 nitrogen and oxygen atoms in total. The van der Waals surface area contributed by atoms with Gasteiger partial charge in [0.15, 0.2) is 0 Å². The summed E-state index contributed by atoms with van der Waals surface area (Å²) in [4.78, 5) is 10.1. The van der Waals surface area contributed by atoms with E-state index in [9.17, 15) is 4.79 Å². The van der Waals surface area contributed by atoms with Crippen molar-refractivity contribution in [2.45, 2.75) is 51.4 Å². The predicted octanol–water partition coefficient (Wildman–Crippen LogP) is 2.74. The van der Waals surface area contributed by atoms with Gasteiger partial charge in [0, 0.05) is 12.7 Å². The summed E-state index contributed by atoms with van der Waals surface area (Å²) in [5.41, 5.74) is 0. The number of aliphatic carboxylic acids is 1. The van der Waals surface area contributed by atoms with E-state index in [1.54, 1.807) is 6.08 Å². The first-order valence-corrected chi connectivity index (χ1v) is 5.77. The van der Waals surface area contributed by atoms with Crippen molar-refractivity contribution >= 4 is 5.97 Å². The number of carboxylic acid groups (broad SMARTS) is 1. The monoisotopic (exact) mass is 214 g/mol. The van der Waals surface area contributed by atoms with Gasteiger partial charge in [-0.3, -0.25) is 0 Å². The fourth-order valence-electron chi connectivity index (χ4n) is 1.44. The van der Waals surface area contributed by atoms with Crippen molar-refractivity contribution in [2.24, 2.45) is 0 Å². The van der Waals surface area contributed by atoms with E-state index in [4.69, 9.17) is 10.2 Å². The average Bonchev–Trinajstić information content (AvgIpc) is 2.20. The molecule has 0 atom stereocenters. The molecule has 0 heterocycles. The van der Waals surface area contributed by atoms with Gasteiger partial charge in [-0.25, -0.2) is 4.79 Å². The summed E-state index contributed by atoms with van der Waals surface area (Å²) >= 11 is 0. The minimum absolute atomic E-state index is 0.306. The summed E-state index contributed by atoms with van der Waals surface area (Å²) in [7, 11) is 0. The van der Waals surface area contributed by atoms with Crippen molar-refractivity contribution < 1.29 is 15.0 Å². The van der Waals surface area contributed by atoms with E-state index in [1.165, 1.54) is 31.8 Å². The largest absolute Gasteiger partial charge is 0.478 e. The third-order valence-electron chi connectivity index (χ3n) is 2.29. The number of hydrogen-bond donors (Lipinski definition) is 2. The Morgan fingerprint density at radius 3 is 2.00 bits per heavy atom. The number of unbranched alkanes of at least 4 members (excludes halogenated alkanes) is 7. The number of allylic oxidation sites excluding steroid dienone is 1. The van der Waals surface area contributed by atoms with E-state index in [-0.39, 0.29) is 0 Å². The Kier molecular flexibility index (Phi) is 10.6. The topological polar surface area (TPSA) is 57.5 Å². The standard InChI is InChI=1S/C12H22O3/c13-11-9-7-5-3-1-2-4-6-8-10-12(14)15/h8,10,13H,1-7,9,11H2,(H,14,15). The van der Waals surface area contributed by atoms with Crippen LogP contribution in [0.4, 0.5) is 0 Å². The smallest absolute Gasteiger partial charge is 0.327 e. The summed E-state index contributed by atoms with van der Waals surface area (Å²) in [6.45, 7) is 0.306. The Morgan fingerprint density at radius 1 is 0.933 bits per heavy atom. The molecule has 0 spiro atoms. The molecular formula is C12H22O3. The molecule has 0 rings (SSSR count). The Bertz CT molecular complexity index is 176. The lowest BCUT2D eigenvalue weighted by Gasteiger charge is -1.99. The second kappa shape index (κ2) is 11.2. The first-order valence-electron chi connectivity index (χ1n) is 5.77.